The Balaban J connectivity index is 2.45. The van der Waals surface area contributed by atoms with Crippen LogP contribution in [0.2, 0.25) is 0 Å². The van der Waals surface area contributed by atoms with Gasteiger partial charge in [0.2, 0.25) is 0 Å². The summed E-state index contributed by atoms with van der Waals surface area (Å²) in [5.41, 5.74) is 0. The van der Waals surface area contributed by atoms with Crippen molar-refractivity contribution in [2.45, 2.75) is 27.7 Å². The van der Waals surface area contributed by atoms with Gasteiger partial charge in [-0.2, -0.15) is 0 Å². The second-order valence-electron chi connectivity index (χ2n) is 5.57. The molecule has 0 spiro atoms. The minimum atomic E-state index is -1.51. The van der Waals surface area contributed by atoms with Crippen LogP contribution in [0.5, 0.6) is 0 Å². The summed E-state index contributed by atoms with van der Waals surface area (Å²) in [4.78, 5) is 0. The second kappa shape index (κ2) is 5.84. The molecule has 1 aliphatic heterocycles. The summed E-state index contributed by atoms with van der Waals surface area (Å²) < 4.78 is 8.00. The molecule has 0 unspecified atom stereocenters. The summed E-state index contributed by atoms with van der Waals surface area (Å²) in [7, 11) is 4.52. The van der Waals surface area contributed by atoms with Gasteiger partial charge < -0.3 is 0 Å². The van der Waals surface area contributed by atoms with Crippen molar-refractivity contribution >= 4 is 20.6 Å². The van der Waals surface area contributed by atoms with Gasteiger partial charge in [-0.15, -0.1) is 0 Å². The van der Waals surface area contributed by atoms with E-state index >= 15 is 0 Å². The Hall–Kier alpha value is 0.679. The number of rotatable bonds is 5. The minimum absolute atomic E-state index is 0.807. The predicted molar refractivity (Wildman–Crippen MR) is 67.4 cm³/mol. The third-order valence-corrected chi connectivity index (χ3v) is 9.84. The predicted octanol–water partition coefficient (Wildman–Crippen LogP) is 1.42. The van der Waals surface area contributed by atoms with Crippen LogP contribution in [0.25, 0.3) is 0 Å². The van der Waals surface area contributed by atoms with Gasteiger partial charge in [0, 0.05) is 0 Å². The van der Waals surface area contributed by atoms with Crippen LogP contribution in [0.15, 0.2) is 0 Å². The Labute approximate surface area is 103 Å². The van der Waals surface area contributed by atoms with Gasteiger partial charge in [0.25, 0.3) is 0 Å². The van der Waals surface area contributed by atoms with Crippen molar-refractivity contribution in [2.75, 3.05) is 33.9 Å². The molecule has 1 radical (unpaired) electrons. The monoisotopic (exact) mass is 320 g/mol. The molecule has 0 amide bonds. The molecule has 1 fully saturated rings. The molecule has 3 nitrogen and oxygen atoms in total. The molecule has 0 N–H and O–H groups in total. The fraction of sp³-hybridized carbons (Fsp3) is 1.00. The first-order chi connectivity index (χ1) is 6.91. The molecule has 1 heterocycles. The topological polar surface area (TPSA) is 9.72 Å². The van der Waals surface area contributed by atoms with Crippen LogP contribution in [-0.2, 0) is 0 Å². The molecule has 1 rings (SSSR count). The van der Waals surface area contributed by atoms with Crippen molar-refractivity contribution in [3.05, 3.63) is 0 Å². The van der Waals surface area contributed by atoms with Crippen LogP contribution < -0.4 is 0 Å². The summed E-state index contributed by atoms with van der Waals surface area (Å²) in [6, 6.07) is 0. The van der Waals surface area contributed by atoms with Crippen molar-refractivity contribution < 1.29 is 0 Å². The Bertz CT molecular complexity index is 178. The zero-order valence-electron chi connectivity index (χ0n) is 11.1. The molecule has 0 aliphatic carbocycles. The van der Waals surface area contributed by atoms with Gasteiger partial charge in [-0.05, 0) is 0 Å². The van der Waals surface area contributed by atoms with Crippen molar-refractivity contribution in [3.63, 3.8) is 0 Å². The quantitative estimate of drug-likeness (QED) is 0.710. The molecule has 89 valence electrons. The molecule has 15 heavy (non-hydrogen) atoms. The van der Waals surface area contributed by atoms with E-state index in [1.807, 2.05) is 0 Å². The Morgan fingerprint density at radius 2 is 1.40 bits per heavy atom. The fourth-order valence-electron chi connectivity index (χ4n) is 2.18. The van der Waals surface area contributed by atoms with Crippen LogP contribution in [-0.4, -0.2) is 63.8 Å². The van der Waals surface area contributed by atoms with E-state index in [9.17, 15) is 0 Å². The molecule has 0 aromatic carbocycles. The first-order valence-electron chi connectivity index (χ1n) is 5.96. The van der Waals surface area contributed by atoms with Gasteiger partial charge >= 0.3 is 103 Å². The van der Waals surface area contributed by atoms with E-state index in [1.165, 1.54) is 19.8 Å². The van der Waals surface area contributed by atoms with Crippen molar-refractivity contribution in [1.82, 2.24) is 9.36 Å². The second-order valence-corrected chi connectivity index (χ2v) is 13.4. The molecule has 1 saturated heterocycles. The average molecular weight is 319 g/mol. The Kier molecular flexibility index (Phi) is 5.35. The van der Waals surface area contributed by atoms with E-state index in [4.69, 9.17) is 0 Å². The van der Waals surface area contributed by atoms with Gasteiger partial charge in [0.1, 0.15) is 0 Å². The zero-order valence-corrected chi connectivity index (χ0v) is 14.0. The van der Waals surface area contributed by atoms with E-state index in [1.54, 1.807) is 0 Å². The van der Waals surface area contributed by atoms with E-state index in [0.29, 0.717) is 0 Å². The van der Waals surface area contributed by atoms with Crippen LogP contribution in [0.4, 0.5) is 0 Å². The molecule has 0 aromatic heterocycles. The molecule has 0 atom stereocenters. The van der Waals surface area contributed by atoms with Crippen LogP contribution in [0, 0.1) is 11.8 Å². The SMILES string of the molecule is CC(C)C[N]1C[N](CC(C)C)[Sn]1[N](C)C. The van der Waals surface area contributed by atoms with Gasteiger partial charge in [-0.3, -0.25) is 0 Å². The van der Waals surface area contributed by atoms with Crippen molar-refractivity contribution in [1.29, 1.82) is 0 Å². The Morgan fingerprint density at radius 3 is 1.67 bits per heavy atom. The maximum absolute atomic E-state index is 2.75. The zero-order chi connectivity index (χ0) is 11.6. The molecular formula is C11H26N3Sn. The molecular weight excluding hydrogens is 293 g/mol. The summed E-state index contributed by atoms with van der Waals surface area (Å²) in [6.45, 7) is 13.1. The molecule has 1 aliphatic rings. The number of hydrogen-bond donors (Lipinski definition) is 0. The summed E-state index contributed by atoms with van der Waals surface area (Å²) in [5.74, 6) is 1.61. The first-order valence-corrected chi connectivity index (χ1v) is 9.79. The Morgan fingerprint density at radius 1 is 1.00 bits per heavy atom. The van der Waals surface area contributed by atoms with Gasteiger partial charge in [-0.1, -0.05) is 0 Å². The van der Waals surface area contributed by atoms with E-state index in [2.05, 4.69) is 51.2 Å². The van der Waals surface area contributed by atoms with Crippen molar-refractivity contribution in [3.8, 4) is 0 Å². The third kappa shape index (κ3) is 3.87. The summed E-state index contributed by atoms with van der Waals surface area (Å²) >= 11 is -1.51. The number of nitrogens with zero attached hydrogens (tertiary/aromatic N) is 3. The standard InChI is InChI=1S/C9H20N2.C2H6N.Sn/c1-8(2)5-10-7-11-6-9(3)4;1-3-2;/h8-9H,5-7H2,1-4H3;1-2H3;/q-2;-1;+3. The first kappa shape index (κ1) is 13.7. The molecule has 0 saturated carbocycles. The summed E-state index contributed by atoms with van der Waals surface area (Å²) in [6.07, 6.45) is 0. The number of hydrogen-bond acceptors (Lipinski definition) is 3. The van der Waals surface area contributed by atoms with E-state index in [0.717, 1.165) is 11.8 Å². The third-order valence-electron chi connectivity index (χ3n) is 2.48. The van der Waals surface area contributed by atoms with Crippen LogP contribution in [0.3, 0.4) is 0 Å². The molecule has 4 heteroatoms. The fourth-order valence-corrected chi connectivity index (χ4v) is 10.6. The molecule has 0 aromatic rings. The van der Waals surface area contributed by atoms with Crippen molar-refractivity contribution in [2.24, 2.45) is 11.8 Å². The summed E-state index contributed by atoms with van der Waals surface area (Å²) in [5, 5.41) is 0. The van der Waals surface area contributed by atoms with Gasteiger partial charge in [0.05, 0.1) is 0 Å². The van der Waals surface area contributed by atoms with E-state index < -0.39 is 20.6 Å². The average Bonchev–Trinajstić information content (AvgIpc) is 1.98. The van der Waals surface area contributed by atoms with Crippen LogP contribution >= 0.6 is 0 Å². The normalized spacial score (nSPS) is 20.6. The molecule has 0 bridgehead atoms. The van der Waals surface area contributed by atoms with Gasteiger partial charge in [-0.25, -0.2) is 0 Å². The maximum atomic E-state index is 2.75. The van der Waals surface area contributed by atoms with Gasteiger partial charge in [0.15, 0.2) is 0 Å². The van der Waals surface area contributed by atoms with E-state index in [-0.39, 0.29) is 0 Å². The van der Waals surface area contributed by atoms with Crippen LogP contribution in [0.1, 0.15) is 27.7 Å².